The van der Waals surface area contributed by atoms with Crippen molar-refractivity contribution in [3.05, 3.63) is 291 Å². The second kappa shape index (κ2) is 32.1. The van der Waals surface area contributed by atoms with Gasteiger partial charge in [-0.3, -0.25) is 0 Å². The standard InChI is InChI=1S/C54H16O4/c1-2-3-4-5-6-7-8-9-10-11-12-13-14-15-16-17-18-19-20-21-22-23-24-25-26-27-28-29-30-31-32-33-40-45-54(57-52(55)48-46-50-41-36-34-37-42-50)58-53(56)49-47-51-43-38-35-39-44-51/h34-39,41-44,46-49H,1H2/b48-46+,49-47+. The Morgan fingerprint density at radius 1 is 0.362 bits per heavy atom. The fourth-order valence-electron chi connectivity index (χ4n) is 2.84. The normalized spacial score (nSPS) is 6.76. The second-order valence-corrected chi connectivity index (χ2v) is 8.92. The van der Waals surface area contributed by atoms with E-state index in [9.17, 15) is 9.59 Å². The van der Waals surface area contributed by atoms with Crippen LogP contribution in [-0.2, 0) is 19.1 Å². The summed E-state index contributed by atoms with van der Waals surface area (Å²) in [7, 11) is 0. The van der Waals surface area contributed by atoms with E-state index in [4.69, 9.17) is 9.47 Å². The van der Waals surface area contributed by atoms with Crippen LogP contribution in [0.1, 0.15) is 11.1 Å². The molecule has 0 spiro atoms. The fourth-order valence-corrected chi connectivity index (χ4v) is 2.84. The van der Waals surface area contributed by atoms with E-state index < -0.39 is 17.9 Å². The summed E-state index contributed by atoms with van der Waals surface area (Å²) in [6.07, 6.45) is 5.42. The lowest BCUT2D eigenvalue weighted by atomic mass is 10.2. The van der Waals surface area contributed by atoms with Crippen molar-refractivity contribution < 1.29 is 19.1 Å². The minimum Gasteiger partial charge on any atom is -0.382 e. The third kappa shape index (κ3) is 26.0. The minimum atomic E-state index is -0.809. The highest BCUT2D eigenvalue weighted by Crippen LogP contribution is 2.06. The molecule has 0 atom stereocenters. The van der Waals surface area contributed by atoms with Crippen molar-refractivity contribution in [2.24, 2.45) is 0 Å². The third-order valence-corrected chi connectivity index (χ3v) is 5.00. The van der Waals surface area contributed by atoms with Crippen LogP contribution in [0.5, 0.6) is 0 Å². The lowest BCUT2D eigenvalue weighted by molar-refractivity contribution is -0.147. The second-order valence-electron chi connectivity index (χ2n) is 8.92. The highest BCUT2D eigenvalue weighted by molar-refractivity contribution is 5.89. The van der Waals surface area contributed by atoms with Crippen molar-refractivity contribution in [2.75, 3.05) is 0 Å². The Kier molecular flexibility index (Phi) is 23.9. The molecule has 0 aromatic heterocycles. The maximum Gasteiger partial charge on any atom is 0.352 e. The van der Waals surface area contributed by atoms with Crippen molar-refractivity contribution in [2.45, 2.75) is 0 Å². The van der Waals surface area contributed by atoms with E-state index >= 15 is 0 Å². The summed E-state index contributed by atoms with van der Waals surface area (Å²) in [5.41, 5.74) is 85.7. The van der Waals surface area contributed by atoms with Gasteiger partial charge >= 0.3 is 17.9 Å². The molecule has 0 radical (unpaired) electrons. The first-order valence-corrected chi connectivity index (χ1v) is 15.7. The van der Waals surface area contributed by atoms with Gasteiger partial charge in [0.05, 0.1) is 0 Å². The van der Waals surface area contributed by atoms with E-state index in [0.717, 1.165) is 11.1 Å². The van der Waals surface area contributed by atoms with E-state index in [1.807, 2.05) is 36.4 Å². The molecule has 0 amide bonds. The van der Waals surface area contributed by atoms with E-state index in [-0.39, 0.29) is 0 Å². The van der Waals surface area contributed by atoms with Gasteiger partial charge in [0.25, 0.3) is 0 Å². The largest absolute Gasteiger partial charge is 0.382 e. The van der Waals surface area contributed by atoms with Crippen LogP contribution >= 0.6 is 0 Å². The minimum absolute atomic E-state index is 0.556. The van der Waals surface area contributed by atoms with Gasteiger partial charge in [-0.2, -0.15) is 0 Å². The van der Waals surface area contributed by atoms with Crippen LogP contribution in [0.4, 0.5) is 0 Å². The summed E-state index contributed by atoms with van der Waals surface area (Å²) in [6.45, 7) is 3.31. The highest BCUT2D eigenvalue weighted by Gasteiger charge is 2.09. The van der Waals surface area contributed by atoms with Crippen LogP contribution in [0.3, 0.4) is 0 Å². The predicted octanol–water partition coefficient (Wildman–Crippen LogP) is 9.24. The molecule has 0 heterocycles. The van der Waals surface area contributed by atoms with Crippen molar-refractivity contribution >= 4 is 24.1 Å². The van der Waals surface area contributed by atoms with Crippen molar-refractivity contribution in [3.8, 4) is 0 Å². The molecule has 2 aromatic carbocycles. The lowest BCUT2D eigenvalue weighted by Crippen LogP contribution is -2.07. The first-order valence-electron chi connectivity index (χ1n) is 15.7. The summed E-state index contributed by atoms with van der Waals surface area (Å²) >= 11 is 0. The Balaban J connectivity index is 2.31. The van der Waals surface area contributed by atoms with Gasteiger partial charge in [-0.15, -0.1) is 0 Å². The monoisotopic (exact) mass is 728 g/mol. The number of esters is 2. The van der Waals surface area contributed by atoms with Crippen LogP contribution in [-0.4, -0.2) is 11.9 Å². The SMILES string of the molecule is C=C=C=C=C=C=C=C=C=C=C=C=C=C=C=C=C=C=C=C=C=C=C=C=C=C=C=C=C=C=C=C=C=C=C=C(OC(=O)/C=C/c1ccccc1)OC(=O)/C=C/c1ccccc1. The van der Waals surface area contributed by atoms with Crippen molar-refractivity contribution in [3.63, 3.8) is 0 Å². The quantitative estimate of drug-likeness (QED) is 0.129. The highest BCUT2D eigenvalue weighted by atomic mass is 16.7. The Bertz CT molecular complexity index is 3350. The molecule has 2 aromatic rings. The summed E-state index contributed by atoms with van der Waals surface area (Å²) in [5, 5.41) is 0. The van der Waals surface area contributed by atoms with Gasteiger partial charge in [0.2, 0.25) is 0 Å². The van der Waals surface area contributed by atoms with Crippen LogP contribution in [0.2, 0.25) is 0 Å². The molecule has 2 rings (SSSR count). The molecule has 0 bridgehead atoms. The third-order valence-electron chi connectivity index (χ3n) is 5.00. The molecular weight excluding hydrogens is 713 g/mol. The Morgan fingerprint density at radius 2 is 0.603 bits per heavy atom. The zero-order chi connectivity index (χ0) is 41.2. The smallest absolute Gasteiger partial charge is 0.352 e. The van der Waals surface area contributed by atoms with Crippen LogP contribution in [0.25, 0.3) is 12.2 Å². The molecular formula is C54H16O4. The van der Waals surface area contributed by atoms with Crippen LogP contribution in [0.15, 0.2) is 280 Å². The van der Waals surface area contributed by atoms with E-state index in [1.54, 1.807) is 24.3 Å². The van der Waals surface area contributed by atoms with Gasteiger partial charge in [-0.1, -0.05) is 66.4 Å². The first kappa shape index (κ1) is 43.3. The molecule has 4 nitrogen and oxygen atoms in total. The summed E-state index contributed by atoms with van der Waals surface area (Å²) in [4.78, 5) is 24.7. The molecule has 58 heavy (non-hydrogen) atoms. The zero-order valence-electron chi connectivity index (χ0n) is 29.9. The Labute approximate surface area is 333 Å². The molecule has 0 aliphatic rings. The van der Waals surface area contributed by atoms with Gasteiger partial charge in [-0.05, 0) is 122 Å². The number of hydrogen-bond donors (Lipinski definition) is 0. The van der Waals surface area contributed by atoms with E-state index in [2.05, 4.69) is 201 Å². The van der Waals surface area contributed by atoms with Crippen LogP contribution in [0, 0.1) is 0 Å². The number of carbonyl (C=O) groups excluding carboxylic acids is 2. The maximum absolute atomic E-state index is 12.3. The molecule has 256 valence electrons. The topological polar surface area (TPSA) is 52.6 Å². The predicted molar refractivity (Wildman–Crippen MR) is 212 cm³/mol. The fraction of sp³-hybridized carbons (Fsp3) is 0. The number of hydrogen-bond acceptors (Lipinski definition) is 4. The van der Waals surface area contributed by atoms with Gasteiger partial charge in [0.1, 0.15) is 0 Å². The zero-order valence-corrected chi connectivity index (χ0v) is 29.9. The first-order chi connectivity index (χ1) is 28.7. The molecule has 0 saturated carbocycles. The van der Waals surface area contributed by atoms with Crippen molar-refractivity contribution in [1.29, 1.82) is 0 Å². The number of benzene rings is 2. The molecule has 0 saturated heterocycles. The van der Waals surface area contributed by atoms with E-state index in [0.29, 0.717) is 0 Å². The lowest BCUT2D eigenvalue weighted by Gasteiger charge is -2.03. The molecule has 0 fully saturated rings. The van der Waals surface area contributed by atoms with Gasteiger partial charge < -0.3 is 9.47 Å². The summed E-state index contributed by atoms with van der Waals surface area (Å²) < 4.78 is 10.2. The van der Waals surface area contributed by atoms with E-state index in [1.165, 1.54) is 24.3 Å². The molecule has 0 aliphatic heterocycles. The molecule has 0 unspecified atom stereocenters. The molecule has 0 aliphatic carbocycles. The molecule has 0 N–H and O–H groups in total. The van der Waals surface area contributed by atoms with Crippen LogP contribution < -0.4 is 0 Å². The maximum atomic E-state index is 12.3. The van der Waals surface area contributed by atoms with Crippen molar-refractivity contribution in [1.82, 2.24) is 0 Å². The molecule has 4 heteroatoms. The Morgan fingerprint density at radius 3 is 0.862 bits per heavy atom. The number of carbonyl (C=O) groups is 2. The average molecular weight is 729 g/mol. The number of rotatable bonds is 6. The Hall–Kier alpha value is -10.9. The number of ether oxygens (including phenoxy) is 2. The van der Waals surface area contributed by atoms with Gasteiger partial charge in [0.15, 0.2) is 0 Å². The van der Waals surface area contributed by atoms with Gasteiger partial charge in [-0.25, -0.2) is 9.59 Å². The summed E-state index contributed by atoms with van der Waals surface area (Å²) in [5.74, 6) is -2.17. The van der Waals surface area contributed by atoms with Gasteiger partial charge in [0, 0.05) is 110 Å². The summed E-state index contributed by atoms with van der Waals surface area (Å²) in [6, 6.07) is 18.2. The average Bonchev–Trinajstić information content (AvgIpc) is 3.24.